The first kappa shape index (κ1) is 30.7. The summed E-state index contributed by atoms with van der Waals surface area (Å²) >= 11 is 12.6. The number of halogens is 3. The molecular formula is C33H32Cl2FN5O5. The Morgan fingerprint density at radius 3 is 2.54 bits per heavy atom. The molecule has 2 heterocycles. The SMILES string of the molecule is CCOc1c(C(N)=O)cc([C@@](O)(CNC(=O)c2cc(OC3CC3)c3nn(C4CC4)cc3c2)C2CC2)nc1-c1ccc(F)c(Cl)c1Cl. The summed E-state index contributed by atoms with van der Waals surface area (Å²) in [7, 11) is 0. The van der Waals surface area contributed by atoms with Crippen LogP contribution in [0.1, 0.15) is 77.9 Å². The summed E-state index contributed by atoms with van der Waals surface area (Å²) in [6, 6.07) is 7.69. The van der Waals surface area contributed by atoms with E-state index in [9.17, 15) is 19.1 Å². The quantitative estimate of drug-likeness (QED) is 0.159. The average Bonchev–Trinajstić information content (AvgIpc) is 3.88. The molecule has 3 aliphatic carbocycles. The fourth-order valence-electron chi connectivity index (χ4n) is 5.68. The third kappa shape index (κ3) is 5.76. The van der Waals surface area contributed by atoms with Gasteiger partial charge in [-0.25, -0.2) is 9.37 Å². The van der Waals surface area contributed by atoms with E-state index in [2.05, 4.69) is 5.32 Å². The maximum atomic E-state index is 14.2. The molecule has 2 amide bonds. The molecule has 0 unspecified atom stereocenters. The minimum Gasteiger partial charge on any atom is -0.491 e. The number of pyridine rings is 1. The number of carbonyl (C=O) groups excluding carboxylic acids is 2. The van der Waals surface area contributed by atoms with E-state index in [0.717, 1.165) is 42.7 Å². The molecule has 0 bridgehead atoms. The molecule has 3 aliphatic rings. The Kier molecular flexibility index (Phi) is 7.81. The predicted octanol–water partition coefficient (Wildman–Crippen LogP) is 5.95. The number of aromatic nitrogens is 3. The molecule has 1 atom stereocenters. The topological polar surface area (TPSA) is 142 Å². The van der Waals surface area contributed by atoms with Gasteiger partial charge in [0.15, 0.2) is 5.75 Å². The fraction of sp³-hybridized carbons (Fsp3) is 0.394. The van der Waals surface area contributed by atoms with Crippen LogP contribution in [0.2, 0.25) is 10.0 Å². The van der Waals surface area contributed by atoms with Crippen molar-refractivity contribution in [1.29, 1.82) is 0 Å². The van der Waals surface area contributed by atoms with Gasteiger partial charge >= 0.3 is 0 Å². The Morgan fingerprint density at radius 1 is 1.13 bits per heavy atom. The summed E-state index contributed by atoms with van der Waals surface area (Å²) < 4.78 is 28.1. The third-order valence-corrected chi connectivity index (χ3v) is 9.48. The molecule has 46 heavy (non-hydrogen) atoms. The zero-order valence-corrected chi connectivity index (χ0v) is 26.5. The van der Waals surface area contributed by atoms with Crippen molar-refractivity contribution in [2.75, 3.05) is 13.2 Å². The van der Waals surface area contributed by atoms with Gasteiger partial charge < -0.3 is 25.6 Å². The molecular weight excluding hydrogens is 636 g/mol. The lowest BCUT2D eigenvalue weighted by Crippen LogP contribution is -2.43. The number of nitrogens with two attached hydrogens (primary N) is 1. The second-order valence-electron chi connectivity index (χ2n) is 12.2. The average molecular weight is 669 g/mol. The number of nitrogens with zero attached hydrogens (tertiary/aromatic N) is 3. The van der Waals surface area contributed by atoms with Crippen molar-refractivity contribution in [1.82, 2.24) is 20.1 Å². The fourth-order valence-corrected chi connectivity index (χ4v) is 6.08. The Morgan fingerprint density at radius 2 is 1.89 bits per heavy atom. The van der Waals surface area contributed by atoms with Gasteiger partial charge in [-0.05, 0) is 81.7 Å². The van der Waals surface area contributed by atoms with Crippen LogP contribution in [0, 0.1) is 11.7 Å². The van der Waals surface area contributed by atoms with E-state index in [-0.39, 0.29) is 63.5 Å². The van der Waals surface area contributed by atoms with Crippen molar-refractivity contribution in [3.05, 3.63) is 69.2 Å². The Hall–Kier alpha value is -3.93. The van der Waals surface area contributed by atoms with Crippen LogP contribution in [-0.2, 0) is 5.60 Å². The lowest BCUT2D eigenvalue weighted by Gasteiger charge is -2.29. The van der Waals surface area contributed by atoms with Crippen LogP contribution in [0.25, 0.3) is 22.2 Å². The highest BCUT2D eigenvalue weighted by molar-refractivity contribution is 6.43. The van der Waals surface area contributed by atoms with Gasteiger partial charge in [-0.2, -0.15) is 5.10 Å². The lowest BCUT2D eigenvalue weighted by molar-refractivity contribution is 0.00946. The summed E-state index contributed by atoms with van der Waals surface area (Å²) in [6.45, 7) is 1.65. The van der Waals surface area contributed by atoms with Crippen LogP contribution in [0.15, 0.2) is 36.5 Å². The number of hydrogen-bond donors (Lipinski definition) is 3. The van der Waals surface area contributed by atoms with E-state index in [0.29, 0.717) is 30.2 Å². The molecule has 13 heteroatoms. The van der Waals surface area contributed by atoms with E-state index in [1.54, 1.807) is 19.1 Å². The van der Waals surface area contributed by atoms with E-state index in [4.69, 9.17) is 48.5 Å². The highest BCUT2D eigenvalue weighted by atomic mass is 35.5. The molecule has 4 N–H and O–H groups in total. The molecule has 0 radical (unpaired) electrons. The Labute approximate surface area is 274 Å². The Balaban J connectivity index is 1.25. The molecule has 240 valence electrons. The first-order valence-corrected chi connectivity index (χ1v) is 16.1. The number of nitrogens with one attached hydrogen (secondary N) is 1. The van der Waals surface area contributed by atoms with Crippen molar-refractivity contribution < 1.29 is 28.6 Å². The largest absolute Gasteiger partial charge is 0.491 e. The number of aliphatic hydroxyl groups is 1. The minimum atomic E-state index is -1.69. The number of rotatable bonds is 12. The molecule has 4 aromatic rings. The van der Waals surface area contributed by atoms with Gasteiger partial charge in [-0.15, -0.1) is 0 Å². The predicted molar refractivity (Wildman–Crippen MR) is 170 cm³/mol. The van der Waals surface area contributed by atoms with Gasteiger partial charge in [-0.3, -0.25) is 14.3 Å². The summed E-state index contributed by atoms with van der Waals surface area (Å²) in [4.78, 5) is 31.0. The van der Waals surface area contributed by atoms with Crippen molar-refractivity contribution in [3.63, 3.8) is 0 Å². The van der Waals surface area contributed by atoms with Gasteiger partial charge in [0.25, 0.3) is 11.8 Å². The van der Waals surface area contributed by atoms with Gasteiger partial charge in [0, 0.05) is 22.7 Å². The third-order valence-electron chi connectivity index (χ3n) is 8.62. The van der Waals surface area contributed by atoms with E-state index < -0.39 is 23.2 Å². The zero-order valence-electron chi connectivity index (χ0n) is 25.0. The van der Waals surface area contributed by atoms with Crippen molar-refractivity contribution in [2.45, 2.75) is 63.2 Å². The maximum Gasteiger partial charge on any atom is 0.252 e. The molecule has 0 spiro atoms. The van der Waals surface area contributed by atoms with E-state index in [1.807, 2.05) is 10.9 Å². The van der Waals surface area contributed by atoms with Gasteiger partial charge in [0.2, 0.25) is 0 Å². The normalized spacial score (nSPS) is 17.5. The van der Waals surface area contributed by atoms with Crippen LogP contribution in [0.4, 0.5) is 4.39 Å². The smallest absolute Gasteiger partial charge is 0.252 e. The van der Waals surface area contributed by atoms with Crippen molar-refractivity contribution >= 4 is 45.9 Å². The molecule has 0 saturated heterocycles. The molecule has 0 aliphatic heterocycles. The molecule has 3 fully saturated rings. The summed E-state index contributed by atoms with van der Waals surface area (Å²) in [5, 5.41) is 20.1. The first-order valence-electron chi connectivity index (χ1n) is 15.4. The van der Waals surface area contributed by atoms with Crippen LogP contribution >= 0.6 is 23.2 Å². The zero-order chi connectivity index (χ0) is 32.3. The molecule has 3 saturated carbocycles. The number of primary amides is 1. The molecule has 10 nitrogen and oxygen atoms in total. The van der Waals surface area contributed by atoms with Crippen LogP contribution in [0.3, 0.4) is 0 Å². The number of amides is 2. The van der Waals surface area contributed by atoms with E-state index >= 15 is 0 Å². The highest BCUT2D eigenvalue weighted by Gasteiger charge is 2.47. The second-order valence-corrected chi connectivity index (χ2v) is 13.0. The maximum absolute atomic E-state index is 14.2. The number of hydrogen-bond acceptors (Lipinski definition) is 7. The molecule has 7 rings (SSSR count). The van der Waals surface area contributed by atoms with Crippen LogP contribution < -0.4 is 20.5 Å². The van der Waals surface area contributed by atoms with E-state index in [1.165, 1.54) is 12.1 Å². The lowest BCUT2D eigenvalue weighted by atomic mass is 9.90. The summed E-state index contributed by atoms with van der Waals surface area (Å²) in [5.41, 5.74) is 5.44. The Bertz CT molecular complexity index is 1890. The minimum absolute atomic E-state index is 0.0220. The first-order chi connectivity index (χ1) is 22.1. The van der Waals surface area contributed by atoms with Crippen molar-refractivity contribution in [2.24, 2.45) is 11.7 Å². The standard InChI is InChI=1S/C33H32Cl2FN5O5/c1-2-45-30-22(31(37)42)13-25(39-29(30)21-9-10-23(36)27(35)26(21)34)33(44,18-3-4-18)15-38-32(43)16-11-17-14-41(19-5-6-19)40-28(17)24(12-16)46-20-7-8-20/h9-14,18-20,44H,2-8,15H2,1H3,(H2,37,42)(H,38,43)/t33-/m1/s1. The van der Waals surface area contributed by atoms with Crippen LogP contribution in [0.5, 0.6) is 11.5 Å². The number of benzene rings is 2. The number of ether oxygens (including phenoxy) is 2. The summed E-state index contributed by atoms with van der Waals surface area (Å²) in [5.74, 6) is -1.68. The van der Waals surface area contributed by atoms with Crippen LogP contribution in [-0.4, -0.2) is 50.9 Å². The van der Waals surface area contributed by atoms with Crippen molar-refractivity contribution in [3.8, 4) is 22.8 Å². The number of fused-ring (bicyclic) bond motifs is 1. The van der Waals surface area contributed by atoms with Gasteiger partial charge in [0.1, 0.15) is 28.4 Å². The second kappa shape index (κ2) is 11.7. The molecule has 2 aromatic carbocycles. The van der Waals surface area contributed by atoms with Gasteiger partial charge in [0.05, 0.1) is 46.6 Å². The number of carbonyl (C=O) groups is 2. The molecule has 2 aromatic heterocycles. The summed E-state index contributed by atoms with van der Waals surface area (Å²) in [6.07, 6.45) is 7.42. The monoisotopic (exact) mass is 667 g/mol. The van der Waals surface area contributed by atoms with Gasteiger partial charge in [-0.1, -0.05) is 23.2 Å². The highest BCUT2D eigenvalue weighted by Crippen LogP contribution is 2.48.